The summed E-state index contributed by atoms with van der Waals surface area (Å²) in [5, 5.41) is 7.60. The number of carbonyl (C=O) groups is 3. The summed E-state index contributed by atoms with van der Waals surface area (Å²) in [4.78, 5) is 64.5. The van der Waals surface area contributed by atoms with Crippen LogP contribution in [0.25, 0.3) is 0 Å². The first-order valence-corrected chi connectivity index (χ1v) is 19.3. The van der Waals surface area contributed by atoms with Gasteiger partial charge in [0.05, 0.1) is 21.0 Å². The molecule has 0 aromatic carbocycles. The van der Waals surface area contributed by atoms with Crippen LogP contribution in [0.1, 0.15) is 37.1 Å². The Balaban J connectivity index is 1.33. The van der Waals surface area contributed by atoms with Gasteiger partial charge in [-0.1, -0.05) is 74.3 Å². The minimum absolute atomic E-state index is 0.0199. The van der Waals surface area contributed by atoms with E-state index in [-0.39, 0.29) is 37.1 Å². The monoisotopic (exact) mass is 684 g/mol. The molecule has 0 aliphatic carbocycles. The highest BCUT2D eigenvalue weighted by atomic mass is 32.3. The molecule has 2 aromatic rings. The van der Waals surface area contributed by atoms with Gasteiger partial charge in [-0.15, -0.1) is 15.3 Å². The number of hydrogen-bond acceptors (Lipinski definition) is 11. The SMILES string of the molecule is C=CC(SC=O)c1c2[nH]c(c1CC)N=c1ccc([nH]1)=NC(C)=NC(C(=C)C(C)/C=C\C1SC1=O)=NC1=C3C4C=CC5C(=O)S354=C(N1)N2. The Morgan fingerprint density at radius 2 is 1.85 bits per heavy atom. The summed E-state index contributed by atoms with van der Waals surface area (Å²) in [5.74, 6) is 2.56. The molecule has 4 N–H and O–H groups in total. The Labute approximate surface area is 278 Å². The number of nitrogens with zero attached hydrogens (tertiary/aromatic N) is 4. The summed E-state index contributed by atoms with van der Waals surface area (Å²) in [7, 11) is -2.84. The number of aromatic nitrogens is 2. The third-order valence-electron chi connectivity index (χ3n) is 9.61. The van der Waals surface area contributed by atoms with Crippen LogP contribution < -0.4 is 21.6 Å². The van der Waals surface area contributed by atoms with E-state index in [0.717, 1.165) is 38.5 Å². The molecule has 5 unspecified atom stereocenters. The maximum absolute atomic E-state index is 13.8. The third kappa shape index (κ3) is 4.04. The van der Waals surface area contributed by atoms with Crippen LogP contribution in [0.5, 0.6) is 0 Å². The van der Waals surface area contributed by atoms with E-state index in [9.17, 15) is 14.4 Å². The van der Waals surface area contributed by atoms with Gasteiger partial charge < -0.3 is 20.6 Å². The van der Waals surface area contributed by atoms with Gasteiger partial charge in [0.2, 0.25) is 5.12 Å². The largest absolute Gasteiger partial charge is 0.326 e. The van der Waals surface area contributed by atoms with E-state index in [2.05, 4.69) is 39.8 Å². The van der Waals surface area contributed by atoms with Crippen molar-refractivity contribution in [2.45, 2.75) is 48.2 Å². The van der Waals surface area contributed by atoms with Gasteiger partial charge in [-0.2, -0.15) is 0 Å². The first-order valence-electron chi connectivity index (χ1n) is 15.3. The van der Waals surface area contributed by atoms with Crippen LogP contribution in [-0.2, 0) is 20.8 Å². The fraction of sp³-hybridized carbons (Fsp3) is 0.273. The molecule has 8 heterocycles. The van der Waals surface area contributed by atoms with Crippen LogP contribution in [0.2, 0.25) is 0 Å². The lowest BCUT2D eigenvalue weighted by atomic mass is 10.0. The average molecular weight is 685 g/mol. The molecule has 8 rings (SSSR count). The van der Waals surface area contributed by atoms with Crippen molar-refractivity contribution < 1.29 is 14.4 Å². The molecule has 47 heavy (non-hydrogen) atoms. The number of anilines is 1. The predicted molar refractivity (Wildman–Crippen MR) is 193 cm³/mol. The Bertz CT molecular complexity index is 2250. The molecule has 3 saturated heterocycles. The molecule has 5 atom stereocenters. The van der Waals surface area contributed by atoms with Crippen molar-refractivity contribution >= 4 is 76.5 Å². The summed E-state index contributed by atoms with van der Waals surface area (Å²) >= 11 is 2.42. The van der Waals surface area contributed by atoms with E-state index in [1.807, 2.05) is 44.2 Å². The molecule has 2 aromatic heterocycles. The van der Waals surface area contributed by atoms with Crippen LogP contribution in [0.3, 0.4) is 0 Å². The standard InChI is InChI=1S/C33H32N8O3S3/c1-6-18-25(19(7-2)45-14-42)29-39-28(18)37-24-13-12-23(36-24)34-17(5)35-27(16(4)15(3)8-9-20-31(43)46-20)38-30-26-21-10-11-22-32(44)47(21,22,26)33(40-29)41-30/h7-15,19-22,39-41H,2,4,6H2,1,3,5H3,(H,34,35,36,37,38)/b9-8-. The van der Waals surface area contributed by atoms with Crippen LogP contribution >= 0.6 is 32.3 Å². The number of H-pyrrole nitrogens is 2. The second-order valence-electron chi connectivity index (χ2n) is 12.1. The van der Waals surface area contributed by atoms with Gasteiger partial charge in [0.25, 0.3) is 0 Å². The van der Waals surface area contributed by atoms with Crippen molar-refractivity contribution in [1.29, 1.82) is 0 Å². The average Bonchev–Trinajstić information content (AvgIpc) is 3.80. The van der Waals surface area contributed by atoms with Crippen LogP contribution in [-0.4, -0.2) is 58.4 Å². The highest BCUT2D eigenvalue weighted by Gasteiger charge is 2.90. The van der Waals surface area contributed by atoms with E-state index >= 15 is 0 Å². The lowest BCUT2D eigenvalue weighted by molar-refractivity contribution is -0.108. The number of nitrogens with one attached hydrogen (secondary N) is 4. The van der Waals surface area contributed by atoms with Crippen molar-refractivity contribution in [3.8, 4) is 0 Å². The summed E-state index contributed by atoms with van der Waals surface area (Å²) in [6, 6.07) is 3.67. The number of amidine groups is 2. The summed E-state index contributed by atoms with van der Waals surface area (Å²) in [6.45, 7) is 14.2. The normalized spacial score (nSPS) is 27.3. The van der Waals surface area contributed by atoms with Gasteiger partial charge >= 0.3 is 0 Å². The zero-order valence-corrected chi connectivity index (χ0v) is 28.3. The molecule has 1 spiro atoms. The zero-order chi connectivity index (χ0) is 32.9. The van der Waals surface area contributed by atoms with Gasteiger partial charge in [-0.05, 0) is 31.1 Å². The Morgan fingerprint density at radius 1 is 1.11 bits per heavy atom. The van der Waals surface area contributed by atoms with Crippen molar-refractivity contribution in [1.82, 2.24) is 15.3 Å². The molecule has 14 heteroatoms. The van der Waals surface area contributed by atoms with E-state index in [1.165, 1.54) is 11.8 Å². The molecule has 0 saturated carbocycles. The van der Waals surface area contributed by atoms with Gasteiger partial charge in [0, 0.05) is 21.9 Å². The van der Waals surface area contributed by atoms with E-state index in [1.54, 1.807) is 13.0 Å². The third-order valence-corrected chi connectivity index (χ3v) is 17.3. The zero-order valence-electron chi connectivity index (χ0n) is 25.9. The quantitative estimate of drug-likeness (QED) is 0.133. The van der Waals surface area contributed by atoms with E-state index in [4.69, 9.17) is 20.0 Å². The van der Waals surface area contributed by atoms with Gasteiger partial charge in [-0.3, -0.25) is 14.4 Å². The minimum atomic E-state index is -2.84. The number of allylic oxidation sites excluding steroid dienone is 1. The van der Waals surface area contributed by atoms with Crippen molar-refractivity contribution in [2.24, 2.45) is 25.9 Å². The van der Waals surface area contributed by atoms with Gasteiger partial charge in [-0.25, -0.2) is 20.0 Å². The van der Waals surface area contributed by atoms with E-state index in [0.29, 0.717) is 52.1 Å². The molecule has 6 aliphatic heterocycles. The van der Waals surface area contributed by atoms with Crippen molar-refractivity contribution in [2.75, 3.05) is 5.32 Å². The maximum atomic E-state index is 13.8. The number of thioether (sulfide) groups is 2. The molecular weight excluding hydrogens is 653 g/mol. The molecule has 3 fully saturated rings. The highest BCUT2D eigenvalue weighted by molar-refractivity contribution is 8.75. The first kappa shape index (κ1) is 30.1. The summed E-state index contributed by atoms with van der Waals surface area (Å²) in [5.41, 5.74) is 4.41. The smallest absolute Gasteiger partial charge is 0.207 e. The Morgan fingerprint density at radius 3 is 2.53 bits per heavy atom. The minimum Gasteiger partial charge on any atom is -0.326 e. The first-order chi connectivity index (χ1) is 22.7. The second-order valence-corrected chi connectivity index (χ2v) is 18.8. The summed E-state index contributed by atoms with van der Waals surface area (Å²) < 4.78 is 0. The molecule has 6 bridgehead atoms. The predicted octanol–water partition coefficient (Wildman–Crippen LogP) is 4.32. The number of carbonyl (C=O) groups excluding carboxylic acids is 3. The number of aromatic amines is 2. The van der Waals surface area contributed by atoms with Crippen LogP contribution in [0.4, 0.5) is 11.6 Å². The Hall–Kier alpha value is -4.27. The van der Waals surface area contributed by atoms with Gasteiger partial charge in [0.15, 0.2) is 16.6 Å². The van der Waals surface area contributed by atoms with Crippen molar-refractivity contribution in [3.63, 3.8) is 0 Å². The van der Waals surface area contributed by atoms with E-state index < -0.39 is 8.75 Å². The van der Waals surface area contributed by atoms with Gasteiger partial charge in [0.1, 0.15) is 39.4 Å². The molecule has 6 aliphatic rings. The molecule has 11 nitrogen and oxygen atoms in total. The molecular formula is C33H32N8O3S3. The lowest BCUT2D eigenvalue weighted by Crippen LogP contribution is -2.30. The fourth-order valence-corrected chi connectivity index (χ4v) is 14.8. The Kier molecular flexibility index (Phi) is 6.63. The number of hydrogen-bond donors (Lipinski definition) is 4. The fourth-order valence-electron chi connectivity index (χ4n) is 7.13. The molecule has 0 amide bonds. The number of aliphatic imine (C=N–C) groups is 2. The van der Waals surface area contributed by atoms with Crippen LogP contribution in [0.15, 0.2) is 91.9 Å². The van der Waals surface area contributed by atoms with Crippen molar-refractivity contribution in [3.05, 3.63) is 94.1 Å². The summed E-state index contributed by atoms with van der Waals surface area (Å²) in [6.07, 6.45) is 10.4. The highest BCUT2D eigenvalue weighted by Crippen LogP contribution is 3.05. The maximum Gasteiger partial charge on any atom is 0.207 e. The number of fused-ring (bicyclic) bond motifs is 7. The second kappa shape index (κ2) is 10.4. The number of rotatable bonds is 9. The molecule has 240 valence electrons. The molecule has 0 radical (unpaired) electrons. The van der Waals surface area contributed by atoms with Crippen LogP contribution in [0, 0.1) is 5.92 Å². The topological polar surface area (TPSA) is 156 Å². The lowest BCUT2D eigenvalue weighted by Gasteiger charge is -2.19.